The number of thioether (sulfide) groups is 1. The van der Waals surface area contributed by atoms with E-state index >= 15 is 0 Å². The highest BCUT2D eigenvalue weighted by Crippen LogP contribution is 2.36. The molecular weight excluding hydrogens is 1140 g/mol. The van der Waals surface area contributed by atoms with E-state index in [9.17, 15) is 33.9 Å². The average Bonchev–Trinajstić information content (AvgIpc) is 1.97. The first-order valence-electron chi connectivity index (χ1n) is 26.9. The van der Waals surface area contributed by atoms with E-state index in [1.807, 2.05) is 79.3 Å². The van der Waals surface area contributed by atoms with Gasteiger partial charge in [0.1, 0.15) is 11.5 Å². The minimum atomic E-state index is -0.454. The van der Waals surface area contributed by atoms with Crippen molar-refractivity contribution in [3.05, 3.63) is 134 Å². The predicted octanol–water partition coefficient (Wildman–Crippen LogP) is 7.54. The molecule has 0 radical (unpaired) electrons. The number of β-amino-alcohol motifs (C(OH)–C–C–N with tert-alkyl or cyclic N) is 1. The number of nitrogens with two attached hydrogens (primary N) is 1. The van der Waals surface area contributed by atoms with Gasteiger partial charge in [-0.3, -0.25) is 43.3 Å². The minimum Gasteiger partial charge on any atom is -0.480 e. The average molecular weight is 1210 g/mol. The summed E-state index contributed by atoms with van der Waals surface area (Å²) in [6.45, 7) is 16.0. The maximum absolute atomic E-state index is 13.6. The number of aryl methyl sites for hydroxylation is 2. The number of benzene rings is 2. The summed E-state index contributed by atoms with van der Waals surface area (Å²) in [5, 5.41) is 23.9. The molecule has 23 nitrogen and oxygen atoms in total. The number of imidazole rings is 1. The SMILES string of the molecule is C=N/C(C)=C(\SC)c1ccc(C(C)NC=O)cc1.CC(C)(C)CC(=O)N1CCC(O)C1.COc1ncc(-c2nc3c(n2CCCn2cc(C(=O)NCCCCC(N)=O)nn2)CN(c2cc(Cl)cn(C)c2=O)C3=O)c(OC)n1.Clc1ccccc1. The summed E-state index contributed by atoms with van der Waals surface area (Å²) in [6, 6.07) is 19.1. The molecule has 5 amide bonds. The van der Waals surface area contributed by atoms with Gasteiger partial charge in [-0.05, 0) is 87.2 Å². The molecule has 1 saturated heterocycles. The molecule has 84 heavy (non-hydrogen) atoms. The van der Waals surface area contributed by atoms with E-state index < -0.39 is 5.91 Å². The summed E-state index contributed by atoms with van der Waals surface area (Å²) in [6.07, 6.45) is 10.2. The Labute approximate surface area is 503 Å². The van der Waals surface area contributed by atoms with Crippen LogP contribution >= 0.6 is 35.0 Å². The van der Waals surface area contributed by atoms with Crippen molar-refractivity contribution < 1.29 is 38.6 Å². The van der Waals surface area contributed by atoms with Crippen molar-refractivity contribution in [3.8, 4) is 23.3 Å². The number of aliphatic imine (C=N–C) groups is 1. The van der Waals surface area contributed by atoms with Crippen molar-refractivity contribution in [2.45, 2.75) is 105 Å². The summed E-state index contributed by atoms with van der Waals surface area (Å²) < 4.78 is 15.3. The van der Waals surface area contributed by atoms with Gasteiger partial charge in [0, 0.05) is 74.9 Å². The van der Waals surface area contributed by atoms with Crippen LogP contribution in [-0.4, -0.2) is 132 Å². The third-order valence-electron chi connectivity index (χ3n) is 13.0. The number of anilines is 1. The summed E-state index contributed by atoms with van der Waals surface area (Å²) >= 11 is 13.4. The molecule has 2 aromatic carbocycles. The van der Waals surface area contributed by atoms with Crippen LogP contribution in [0.15, 0.2) is 94.7 Å². The number of hydrogen-bond donors (Lipinski definition) is 4. The molecule has 1 fully saturated rings. The van der Waals surface area contributed by atoms with E-state index in [0.717, 1.165) is 46.1 Å². The zero-order valence-corrected chi connectivity index (χ0v) is 51.1. The lowest BCUT2D eigenvalue weighted by Gasteiger charge is -2.22. The number of aliphatic hydroxyl groups is 1. The van der Waals surface area contributed by atoms with Crippen LogP contribution in [0.1, 0.15) is 117 Å². The lowest BCUT2D eigenvalue weighted by Crippen LogP contribution is -2.32. The van der Waals surface area contributed by atoms with Gasteiger partial charge in [-0.25, -0.2) is 9.97 Å². The second-order valence-electron chi connectivity index (χ2n) is 20.6. The van der Waals surface area contributed by atoms with Gasteiger partial charge >= 0.3 is 6.01 Å². The number of nitrogens with zero attached hydrogens (tertiary/aromatic N) is 11. The number of aromatic nitrogens is 8. The van der Waals surface area contributed by atoms with Crippen LogP contribution in [0, 0.1) is 5.41 Å². The van der Waals surface area contributed by atoms with Gasteiger partial charge in [-0.1, -0.05) is 91.7 Å². The smallest absolute Gasteiger partial charge is 0.319 e. The molecule has 0 spiro atoms. The maximum atomic E-state index is 13.6. The first kappa shape index (κ1) is 66.9. The second kappa shape index (κ2) is 32.2. The quantitative estimate of drug-likeness (QED) is 0.0308. The van der Waals surface area contributed by atoms with Crippen LogP contribution in [0.3, 0.4) is 0 Å². The second-order valence-corrected chi connectivity index (χ2v) is 22.3. The number of likely N-dealkylation sites (tertiary alicyclic amines) is 1. The van der Waals surface area contributed by atoms with Gasteiger partial charge in [0.15, 0.2) is 11.4 Å². The summed E-state index contributed by atoms with van der Waals surface area (Å²) in [4.78, 5) is 93.2. The van der Waals surface area contributed by atoms with Gasteiger partial charge in [-0.2, -0.15) is 4.98 Å². The molecule has 2 aliphatic rings. The number of unbranched alkanes of at least 4 members (excludes halogenated alkanes) is 1. The molecule has 6 heterocycles. The van der Waals surface area contributed by atoms with E-state index in [1.165, 1.54) is 42.1 Å². The minimum absolute atomic E-state index is 0.0249. The molecule has 2 aliphatic heterocycles. The van der Waals surface area contributed by atoms with Crippen LogP contribution in [0.4, 0.5) is 5.69 Å². The molecule has 5 N–H and O–H groups in total. The third-order valence-corrected chi connectivity index (χ3v) is 14.4. The molecule has 450 valence electrons. The number of halogens is 2. The van der Waals surface area contributed by atoms with Crippen molar-refractivity contribution in [1.82, 2.24) is 54.6 Å². The first-order valence-corrected chi connectivity index (χ1v) is 28.9. The van der Waals surface area contributed by atoms with Crippen molar-refractivity contribution in [2.75, 3.05) is 45.0 Å². The van der Waals surface area contributed by atoms with Crippen LogP contribution in [0.2, 0.25) is 10.0 Å². The number of amides is 5. The zero-order valence-electron chi connectivity index (χ0n) is 48.8. The molecule has 26 heteroatoms. The van der Waals surface area contributed by atoms with Crippen LogP contribution < -0.4 is 36.3 Å². The molecular formula is C58H74Cl2N14O9S. The first-order chi connectivity index (χ1) is 40.0. The van der Waals surface area contributed by atoms with Crippen LogP contribution in [-0.2, 0) is 41.1 Å². The Morgan fingerprint density at radius 2 is 1.71 bits per heavy atom. The number of pyridine rings is 1. The highest BCUT2D eigenvalue weighted by molar-refractivity contribution is 8.07. The number of fused-ring (bicyclic) bond motifs is 1. The highest BCUT2D eigenvalue weighted by atomic mass is 35.5. The molecule has 4 aromatic heterocycles. The van der Waals surface area contributed by atoms with E-state index in [-0.39, 0.29) is 82.8 Å². The number of carbonyl (C=O) groups is 5. The monoisotopic (exact) mass is 1210 g/mol. The normalized spacial score (nSPS) is 14.0. The van der Waals surface area contributed by atoms with Crippen molar-refractivity contribution in [1.29, 1.82) is 0 Å². The largest absolute Gasteiger partial charge is 0.480 e. The van der Waals surface area contributed by atoms with E-state index in [2.05, 4.69) is 68.4 Å². The number of primary amides is 1. The molecule has 2 unspecified atom stereocenters. The number of ether oxygens (including phenoxy) is 2. The topological polar surface area (TPSA) is 289 Å². The third kappa shape index (κ3) is 19.3. The molecule has 6 aromatic rings. The lowest BCUT2D eigenvalue weighted by atomic mass is 9.92. The fraction of sp³-hybridized carbons (Fsp3) is 0.414. The van der Waals surface area contributed by atoms with E-state index in [4.69, 9.17) is 38.4 Å². The van der Waals surface area contributed by atoms with Crippen molar-refractivity contribution in [2.24, 2.45) is 23.2 Å². The number of rotatable bonds is 21. The van der Waals surface area contributed by atoms with Gasteiger partial charge in [-0.15, -0.1) is 16.9 Å². The number of allylic oxidation sites excluding steroid dienone is 1. The van der Waals surface area contributed by atoms with Crippen molar-refractivity contribution >= 4 is 82.3 Å². The molecule has 0 bridgehead atoms. The standard InChI is InChI=1S/C28H32ClN11O6.C14H18N2OS.C10H19NO2.C6H5Cl/c1-37-13-16(29)11-19(26(37)43)40-15-20-22(27(40)44)33-23(17-12-32-28(46-3)34-25(17)45-2)39(20)10-6-9-38-14-18(35-36-38)24(42)31-8-5-4-7-21(30)41;1-10(16-9-17)12-5-7-13(8-6-12)14(18-4)11(2)15-3;1-10(2,3)6-9(13)11-5-4-8(12)7-11;7-6-4-2-1-3-5-6/h11-14H,4-10,15H2,1-3H3,(H2,30,41)(H,31,42);5-10H,3H2,1-2,4H3,(H,16,17);8,12H,4-7H2,1-3H3;1-5H/b;14-11-;;. The summed E-state index contributed by atoms with van der Waals surface area (Å²) in [7, 11) is 4.44. The Morgan fingerprint density at radius 1 is 1.00 bits per heavy atom. The van der Waals surface area contributed by atoms with Gasteiger partial charge in [0.25, 0.3) is 17.4 Å². The highest BCUT2D eigenvalue weighted by Gasteiger charge is 2.37. The fourth-order valence-corrected chi connectivity index (χ4v) is 9.78. The van der Waals surface area contributed by atoms with Gasteiger partial charge < -0.3 is 45.0 Å². The zero-order chi connectivity index (χ0) is 61.7. The van der Waals surface area contributed by atoms with E-state index in [0.29, 0.717) is 74.0 Å². The Balaban J connectivity index is 0.000000273. The maximum Gasteiger partial charge on any atom is 0.319 e. The van der Waals surface area contributed by atoms with Gasteiger partial charge in [0.05, 0.1) is 61.1 Å². The molecule has 0 saturated carbocycles. The molecule has 0 aliphatic carbocycles. The number of aliphatic hydroxyl groups excluding tert-OH is 1. The number of methoxy groups -OCH3 is 2. The molecule has 2 atom stereocenters. The summed E-state index contributed by atoms with van der Waals surface area (Å²) in [5.74, 6) is -0.446. The van der Waals surface area contributed by atoms with Crippen molar-refractivity contribution in [3.63, 3.8) is 0 Å². The number of nitrogens with one attached hydrogen (secondary N) is 2. The Bertz CT molecular complexity index is 3310. The number of hydrogen-bond acceptors (Lipinski definition) is 16. The lowest BCUT2D eigenvalue weighted by molar-refractivity contribution is -0.132. The Morgan fingerprint density at radius 3 is 2.30 bits per heavy atom. The van der Waals surface area contributed by atoms with Crippen LogP contribution in [0.25, 0.3) is 16.3 Å². The fourth-order valence-electron chi connectivity index (χ4n) is 8.65. The Kier molecular flexibility index (Phi) is 25.6. The van der Waals surface area contributed by atoms with Gasteiger partial charge in [0.2, 0.25) is 24.1 Å². The number of carbonyl (C=O) groups excluding carboxylic acids is 5. The van der Waals surface area contributed by atoms with E-state index in [1.54, 1.807) is 34.6 Å². The summed E-state index contributed by atoms with van der Waals surface area (Å²) in [5.41, 5.74) is 9.41. The Hall–Kier alpha value is -7.93. The predicted molar refractivity (Wildman–Crippen MR) is 326 cm³/mol. The van der Waals surface area contributed by atoms with Crippen LogP contribution in [0.5, 0.6) is 11.9 Å². The molecule has 8 rings (SSSR count).